The van der Waals surface area contributed by atoms with E-state index < -0.39 is 5.56 Å². The van der Waals surface area contributed by atoms with Crippen LogP contribution in [-0.2, 0) is 0 Å². The molecule has 0 spiro atoms. The van der Waals surface area contributed by atoms with Crippen LogP contribution in [-0.4, -0.2) is 35.8 Å². The smallest absolute Gasteiger partial charge is 0.262 e. The molecule has 3 aromatic rings. The van der Waals surface area contributed by atoms with Crippen molar-refractivity contribution in [2.45, 2.75) is 0 Å². The van der Waals surface area contributed by atoms with Crippen molar-refractivity contribution in [2.24, 2.45) is 0 Å². The van der Waals surface area contributed by atoms with Crippen LogP contribution in [0, 0.1) is 0 Å². The van der Waals surface area contributed by atoms with Gasteiger partial charge in [0.15, 0.2) is 6.29 Å². The summed E-state index contributed by atoms with van der Waals surface area (Å²) in [5.41, 5.74) is -0.308. The summed E-state index contributed by atoms with van der Waals surface area (Å²) in [7, 11) is 0. The molecular formula is C10H5ClN6O2. The molecule has 94 valence electrons. The lowest BCUT2D eigenvalue weighted by Gasteiger charge is -2.05. The zero-order chi connectivity index (χ0) is 13.4. The molecule has 0 saturated carbocycles. The lowest BCUT2D eigenvalue weighted by Crippen LogP contribution is -2.18. The van der Waals surface area contributed by atoms with E-state index in [4.69, 9.17) is 11.6 Å². The number of carbonyl (C=O) groups is 1. The fraction of sp³-hybridized carbons (Fsp3) is 0. The highest BCUT2D eigenvalue weighted by molar-refractivity contribution is 6.33. The maximum atomic E-state index is 12.0. The van der Waals surface area contributed by atoms with Crippen LogP contribution < -0.4 is 5.56 Å². The van der Waals surface area contributed by atoms with Crippen LogP contribution in [0.1, 0.15) is 10.5 Å². The maximum absolute atomic E-state index is 12.0. The summed E-state index contributed by atoms with van der Waals surface area (Å²) in [4.78, 5) is 37.3. The van der Waals surface area contributed by atoms with Gasteiger partial charge in [0.05, 0.1) is 10.6 Å². The van der Waals surface area contributed by atoms with Gasteiger partial charge in [-0.25, -0.2) is 9.97 Å². The number of fused-ring (bicyclic) bond motifs is 1. The summed E-state index contributed by atoms with van der Waals surface area (Å²) in [6.07, 6.45) is 4.30. The predicted octanol–water partition coefficient (Wildman–Crippen LogP) is 0.340. The number of hydrogen-bond acceptors (Lipinski definition) is 6. The van der Waals surface area contributed by atoms with E-state index in [0.717, 1.165) is 0 Å². The topological polar surface area (TPSA) is 106 Å². The molecule has 0 aliphatic rings. The first kappa shape index (κ1) is 11.5. The van der Waals surface area contributed by atoms with Crippen molar-refractivity contribution in [1.29, 1.82) is 0 Å². The van der Waals surface area contributed by atoms with E-state index in [1.54, 1.807) is 0 Å². The molecule has 3 heterocycles. The van der Waals surface area contributed by atoms with Crippen molar-refractivity contribution in [2.75, 3.05) is 0 Å². The second-order valence-corrected chi connectivity index (χ2v) is 3.95. The Kier molecular flexibility index (Phi) is 2.57. The highest BCUT2D eigenvalue weighted by atomic mass is 35.5. The minimum absolute atomic E-state index is 0.0249. The monoisotopic (exact) mass is 276 g/mol. The van der Waals surface area contributed by atoms with Gasteiger partial charge in [0, 0.05) is 6.20 Å². The molecule has 0 amide bonds. The molecule has 19 heavy (non-hydrogen) atoms. The molecule has 3 aromatic heterocycles. The van der Waals surface area contributed by atoms with Gasteiger partial charge in [0.2, 0.25) is 5.78 Å². The Morgan fingerprint density at radius 3 is 2.89 bits per heavy atom. The normalized spacial score (nSPS) is 10.8. The van der Waals surface area contributed by atoms with Crippen molar-refractivity contribution in [1.82, 2.24) is 29.5 Å². The van der Waals surface area contributed by atoms with Gasteiger partial charge in [0.25, 0.3) is 5.56 Å². The third-order valence-corrected chi connectivity index (χ3v) is 2.78. The average molecular weight is 277 g/mol. The van der Waals surface area contributed by atoms with E-state index in [1.807, 2.05) is 0 Å². The molecule has 0 bridgehead atoms. The minimum atomic E-state index is -0.525. The minimum Gasteiger partial charge on any atom is -0.296 e. The van der Waals surface area contributed by atoms with E-state index in [2.05, 4.69) is 25.0 Å². The zero-order valence-electron chi connectivity index (χ0n) is 9.24. The highest BCUT2D eigenvalue weighted by Gasteiger charge is 2.18. The number of aromatic nitrogens is 6. The Bertz CT molecular complexity index is 839. The van der Waals surface area contributed by atoms with Crippen molar-refractivity contribution in [3.05, 3.63) is 39.9 Å². The Hall–Kier alpha value is -2.61. The molecule has 0 unspecified atom stereocenters. The Morgan fingerprint density at radius 2 is 2.16 bits per heavy atom. The number of aldehydes is 1. The van der Waals surface area contributed by atoms with Crippen LogP contribution in [0.2, 0.25) is 5.02 Å². The quantitative estimate of drug-likeness (QED) is 0.677. The first-order valence-electron chi connectivity index (χ1n) is 5.09. The molecule has 0 saturated heterocycles. The van der Waals surface area contributed by atoms with Crippen LogP contribution in [0.5, 0.6) is 0 Å². The molecule has 0 radical (unpaired) electrons. The van der Waals surface area contributed by atoms with Gasteiger partial charge in [-0.3, -0.25) is 14.6 Å². The van der Waals surface area contributed by atoms with Crippen LogP contribution in [0.25, 0.3) is 17.0 Å². The van der Waals surface area contributed by atoms with Gasteiger partial charge in [-0.15, -0.1) is 0 Å². The van der Waals surface area contributed by atoms with Crippen molar-refractivity contribution >= 4 is 23.7 Å². The SMILES string of the molecule is O=Cc1c(-c2ncncc2Cl)c(=O)[nH]c2ncnn12. The standard InChI is InChI=1S/C10H5ClN6O2/c11-5-1-12-3-13-8(5)7-6(2-18)17-10(14-4-15-17)16-9(7)19/h1-4H,(H,14,15,16,19). The average Bonchev–Trinajstić information content (AvgIpc) is 2.86. The Balaban J connectivity index is 2.47. The van der Waals surface area contributed by atoms with Crippen molar-refractivity contribution in [3.63, 3.8) is 0 Å². The van der Waals surface area contributed by atoms with E-state index in [0.29, 0.717) is 6.29 Å². The number of hydrogen-bond donors (Lipinski definition) is 1. The summed E-state index contributed by atoms with van der Waals surface area (Å²) in [6, 6.07) is 0. The third-order valence-electron chi connectivity index (χ3n) is 2.50. The molecule has 0 aliphatic carbocycles. The number of H-pyrrole nitrogens is 1. The van der Waals surface area contributed by atoms with Gasteiger partial charge in [-0.1, -0.05) is 11.6 Å². The summed E-state index contributed by atoms with van der Waals surface area (Å²) < 4.78 is 1.21. The Morgan fingerprint density at radius 1 is 1.32 bits per heavy atom. The van der Waals surface area contributed by atoms with E-state index in [1.165, 1.54) is 23.4 Å². The maximum Gasteiger partial charge on any atom is 0.262 e. The number of nitrogens with zero attached hydrogens (tertiary/aromatic N) is 5. The number of aromatic amines is 1. The van der Waals surface area contributed by atoms with E-state index >= 15 is 0 Å². The fourth-order valence-corrected chi connectivity index (χ4v) is 1.92. The third kappa shape index (κ3) is 1.69. The van der Waals surface area contributed by atoms with Crippen molar-refractivity contribution < 1.29 is 4.79 Å². The van der Waals surface area contributed by atoms with Crippen LogP contribution in [0.3, 0.4) is 0 Å². The van der Waals surface area contributed by atoms with Gasteiger partial charge in [0.1, 0.15) is 24.0 Å². The first-order chi connectivity index (χ1) is 9.22. The molecule has 1 N–H and O–H groups in total. The largest absolute Gasteiger partial charge is 0.296 e. The molecular weight excluding hydrogens is 272 g/mol. The Labute approximate surface area is 110 Å². The van der Waals surface area contributed by atoms with E-state index in [9.17, 15) is 9.59 Å². The van der Waals surface area contributed by atoms with Gasteiger partial charge >= 0.3 is 0 Å². The van der Waals surface area contributed by atoms with Crippen molar-refractivity contribution in [3.8, 4) is 11.3 Å². The summed E-state index contributed by atoms with van der Waals surface area (Å²) in [5.74, 6) is 0.168. The molecule has 9 heteroatoms. The summed E-state index contributed by atoms with van der Waals surface area (Å²) >= 11 is 5.95. The van der Waals surface area contributed by atoms with Crippen LogP contribution in [0.4, 0.5) is 0 Å². The number of nitrogens with one attached hydrogen (secondary N) is 1. The highest BCUT2D eigenvalue weighted by Crippen LogP contribution is 2.23. The molecule has 0 fully saturated rings. The molecule has 8 nitrogen and oxygen atoms in total. The molecule has 0 aromatic carbocycles. The van der Waals surface area contributed by atoms with Gasteiger partial charge < -0.3 is 0 Å². The lowest BCUT2D eigenvalue weighted by molar-refractivity contribution is 0.111. The van der Waals surface area contributed by atoms with Crippen LogP contribution in [0.15, 0.2) is 23.6 Å². The zero-order valence-corrected chi connectivity index (χ0v) is 10.00. The number of carbonyl (C=O) groups excluding carboxylic acids is 1. The van der Waals surface area contributed by atoms with Gasteiger partial charge in [-0.2, -0.15) is 14.6 Å². The number of halogens is 1. The first-order valence-corrected chi connectivity index (χ1v) is 5.47. The summed E-state index contributed by atoms with van der Waals surface area (Å²) in [6.45, 7) is 0. The lowest BCUT2D eigenvalue weighted by atomic mass is 10.1. The van der Waals surface area contributed by atoms with Gasteiger partial charge in [-0.05, 0) is 0 Å². The van der Waals surface area contributed by atoms with Crippen LogP contribution >= 0.6 is 11.6 Å². The summed E-state index contributed by atoms with van der Waals surface area (Å²) in [5, 5.41) is 4.03. The predicted molar refractivity (Wildman–Crippen MR) is 65.0 cm³/mol. The molecule has 0 atom stereocenters. The fourth-order valence-electron chi connectivity index (χ4n) is 1.72. The van der Waals surface area contributed by atoms with E-state index in [-0.39, 0.29) is 27.8 Å². The number of rotatable bonds is 2. The molecule has 0 aliphatic heterocycles. The molecule has 3 rings (SSSR count). The second kappa shape index (κ2) is 4.25. The second-order valence-electron chi connectivity index (χ2n) is 3.55.